The molecule has 2 aromatic rings. The van der Waals surface area contributed by atoms with Crippen LogP contribution in [0.4, 0.5) is 10.9 Å². The van der Waals surface area contributed by atoms with Crippen molar-refractivity contribution in [2.75, 3.05) is 24.7 Å². The Morgan fingerprint density at radius 2 is 2.10 bits per heavy atom. The molecule has 2 heterocycles. The topological polar surface area (TPSA) is 71.2 Å². The average molecular weight is 310 g/mol. The summed E-state index contributed by atoms with van der Waals surface area (Å²) in [6.07, 6.45) is 0. The minimum atomic E-state index is -0.170. The van der Waals surface area contributed by atoms with Crippen molar-refractivity contribution in [3.05, 3.63) is 26.3 Å². The van der Waals surface area contributed by atoms with E-state index in [9.17, 15) is 4.79 Å². The molecule has 0 aliphatic carbocycles. The lowest BCUT2D eigenvalue weighted by atomic mass is 10.3. The molecule has 0 aliphatic rings. The van der Waals surface area contributed by atoms with Gasteiger partial charge in [0.1, 0.15) is 10.7 Å². The normalized spacial score (nSPS) is 10.6. The molecule has 1 amide bonds. The molecule has 7 heteroatoms. The molecule has 0 aromatic carbocycles. The van der Waals surface area contributed by atoms with E-state index in [0.29, 0.717) is 11.4 Å². The van der Waals surface area contributed by atoms with Crippen LogP contribution in [0.3, 0.4) is 0 Å². The van der Waals surface area contributed by atoms with Gasteiger partial charge in [0, 0.05) is 23.8 Å². The summed E-state index contributed by atoms with van der Waals surface area (Å²) < 4.78 is 0. The van der Waals surface area contributed by atoms with E-state index in [1.54, 1.807) is 11.3 Å². The number of thiazole rings is 1. The van der Waals surface area contributed by atoms with Crippen molar-refractivity contribution in [2.24, 2.45) is 0 Å². The summed E-state index contributed by atoms with van der Waals surface area (Å²) in [5, 5.41) is 3.62. The van der Waals surface area contributed by atoms with Gasteiger partial charge in [-0.25, -0.2) is 4.98 Å². The lowest BCUT2D eigenvalue weighted by Crippen LogP contribution is -2.22. The molecule has 0 saturated heterocycles. The van der Waals surface area contributed by atoms with Crippen LogP contribution >= 0.6 is 22.7 Å². The second-order valence-corrected chi connectivity index (χ2v) is 7.06. The molecule has 20 heavy (non-hydrogen) atoms. The number of aromatic nitrogens is 1. The molecule has 0 unspecified atom stereocenters. The fourth-order valence-electron chi connectivity index (χ4n) is 1.66. The van der Waals surface area contributed by atoms with Crippen LogP contribution in [0.2, 0.25) is 0 Å². The number of nitrogens with two attached hydrogens (primary N) is 1. The van der Waals surface area contributed by atoms with Gasteiger partial charge in [0.2, 0.25) is 0 Å². The Morgan fingerprint density at radius 1 is 1.40 bits per heavy atom. The molecule has 5 nitrogen and oxygen atoms in total. The average Bonchev–Trinajstić information content (AvgIpc) is 2.91. The first-order valence-electron chi connectivity index (χ1n) is 6.16. The summed E-state index contributed by atoms with van der Waals surface area (Å²) in [6, 6.07) is 2.10. The summed E-state index contributed by atoms with van der Waals surface area (Å²) in [7, 11) is 3.74. The van der Waals surface area contributed by atoms with Gasteiger partial charge in [0.25, 0.3) is 5.91 Å². The predicted octanol–water partition coefficient (Wildman–Crippen LogP) is 2.40. The Morgan fingerprint density at radius 3 is 2.60 bits per heavy atom. The molecule has 2 rings (SSSR count). The van der Waals surface area contributed by atoms with E-state index in [1.165, 1.54) is 21.8 Å². The second kappa shape index (κ2) is 5.80. The van der Waals surface area contributed by atoms with Crippen molar-refractivity contribution >= 4 is 39.5 Å². The minimum absolute atomic E-state index is 0.170. The third kappa shape index (κ3) is 3.10. The standard InChI is InChI=1S/C13H18N4OS2/c1-7-5-9(19-8(7)2)6-15-12(18)10-11(14)16-13(20-10)17(3)4/h5H,6,14H2,1-4H3,(H,15,18). The van der Waals surface area contributed by atoms with Gasteiger partial charge in [-0.2, -0.15) is 0 Å². The monoisotopic (exact) mass is 310 g/mol. The van der Waals surface area contributed by atoms with Gasteiger partial charge in [-0.15, -0.1) is 11.3 Å². The maximum absolute atomic E-state index is 12.1. The molecule has 3 N–H and O–H groups in total. The highest BCUT2D eigenvalue weighted by atomic mass is 32.1. The molecule has 0 fully saturated rings. The van der Waals surface area contributed by atoms with E-state index in [-0.39, 0.29) is 11.7 Å². The molecular weight excluding hydrogens is 292 g/mol. The summed E-state index contributed by atoms with van der Waals surface area (Å²) >= 11 is 3.00. The van der Waals surface area contributed by atoms with Gasteiger partial charge in [-0.3, -0.25) is 4.79 Å². The first kappa shape index (κ1) is 14.8. The highest BCUT2D eigenvalue weighted by Crippen LogP contribution is 2.27. The number of nitrogens with zero attached hydrogens (tertiary/aromatic N) is 2. The number of thiophene rings is 1. The van der Waals surface area contributed by atoms with Gasteiger partial charge >= 0.3 is 0 Å². The smallest absolute Gasteiger partial charge is 0.265 e. The molecular formula is C13H18N4OS2. The van der Waals surface area contributed by atoms with Crippen LogP contribution in [0, 0.1) is 13.8 Å². The van der Waals surface area contributed by atoms with Crippen molar-refractivity contribution in [3.8, 4) is 0 Å². The Balaban J connectivity index is 2.05. The number of rotatable bonds is 4. The molecule has 0 radical (unpaired) electrons. The van der Waals surface area contributed by atoms with Crippen molar-refractivity contribution in [2.45, 2.75) is 20.4 Å². The van der Waals surface area contributed by atoms with E-state index in [4.69, 9.17) is 5.73 Å². The highest BCUT2D eigenvalue weighted by Gasteiger charge is 2.17. The maximum Gasteiger partial charge on any atom is 0.265 e. The largest absolute Gasteiger partial charge is 0.382 e. The van der Waals surface area contributed by atoms with Crippen LogP contribution in [0.5, 0.6) is 0 Å². The molecule has 2 aromatic heterocycles. The molecule has 0 saturated carbocycles. The fraction of sp³-hybridized carbons (Fsp3) is 0.385. The number of nitrogen functional groups attached to an aromatic ring is 1. The molecule has 0 aliphatic heterocycles. The van der Waals surface area contributed by atoms with Gasteiger partial charge in [0.05, 0.1) is 6.54 Å². The Hall–Kier alpha value is -1.60. The summed E-state index contributed by atoms with van der Waals surface area (Å²) in [5.41, 5.74) is 7.05. The highest BCUT2D eigenvalue weighted by molar-refractivity contribution is 7.18. The molecule has 0 spiro atoms. The van der Waals surface area contributed by atoms with E-state index in [2.05, 4.69) is 30.2 Å². The summed E-state index contributed by atoms with van der Waals surface area (Å²) in [6.45, 7) is 4.67. The number of hydrogen-bond acceptors (Lipinski definition) is 6. The van der Waals surface area contributed by atoms with Crippen molar-refractivity contribution < 1.29 is 4.79 Å². The zero-order valence-corrected chi connectivity index (χ0v) is 13.6. The van der Waals surface area contributed by atoms with Crippen LogP contribution in [0.1, 0.15) is 25.0 Å². The Kier molecular flexibility index (Phi) is 4.29. The number of amides is 1. The number of nitrogens with one attached hydrogen (secondary N) is 1. The number of hydrogen-bond donors (Lipinski definition) is 2. The van der Waals surface area contributed by atoms with Gasteiger partial charge < -0.3 is 16.0 Å². The second-order valence-electron chi connectivity index (χ2n) is 4.74. The maximum atomic E-state index is 12.1. The minimum Gasteiger partial charge on any atom is -0.382 e. The molecule has 0 bridgehead atoms. The summed E-state index contributed by atoms with van der Waals surface area (Å²) in [4.78, 5) is 21.0. The van der Waals surface area contributed by atoms with Crippen molar-refractivity contribution in [1.29, 1.82) is 0 Å². The number of anilines is 2. The zero-order valence-electron chi connectivity index (χ0n) is 12.0. The fourth-order valence-corrected chi connectivity index (χ4v) is 3.48. The van der Waals surface area contributed by atoms with Gasteiger partial charge in [-0.1, -0.05) is 11.3 Å². The van der Waals surface area contributed by atoms with E-state index < -0.39 is 0 Å². The SMILES string of the molecule is Cc1cc(CNC(=O)c2sc(N(C)C)nc2N)sc1C. The predicted molar refractivity (Wildman–Crippen MR) is 85.8 cm³/mol. The quantitative estimate of drug-likeness (QED) is 0.909. The van der Waals surface area contributed by atoms with Crippen LogP contribution in [-0.4, -0.2) is 25.0 Å². The van der Waals surface area contributed by atoms with Crippen molar-refractivity contribution in [3.63, 3.8) is 0 Å². The Bertz CT molecular complexity index is 611. The van der Waals surface area contributed by atoms with Gasteiger partial charge in [-0.05, 0) is 25.5 Å². The summed E-state index contributed by atoms with van der Waals surface area (Å²) in [5.74, 6) is 0.117. The molecule has 0 atom stereocenters. The lowest BCUT2D eigenvalue weighted by molar-refractivity contribution is 0.0956. The Labute approximate surface area is 126 Å². The third-order valence-electron chi connectivity index (χ3n) is 2.87. The van der Waals surface area contributed by atoms with Crippen LogP contribution < -0.4 is 16.0 Å². The zero-order chi connectivity index (χ0) is 14.9. The number of carbonyl (C=O) groups excluding carboxylic acids is 1. The van der Waals surface area contributed by atoms with Crippen LogP contribution in [0.15, 0.2) is 6.07 Å². The van der Waals surface area contributed by atoms with E-state index in [1.807, 2.05) is 19.0 Å². The third-order valence-corrected chi connectivity index (χ3v) is 5.26. The van der Waals surface area contributed by atoms with Crippen molar-refractivity contribution in [1.82, 2.24) is 10.3 Å². The first-order valence-corrected chi connectivity index (χ1v) is 7.79. The first-order chi connectivity index (χ1) is 9.38. The van der Waals surface area contributed by atoms with E-state index in [0.717, 1.165) is 10.0 Å². The molecule has 108 valence electrons. The number of aryl methyl sites for hydroxylation is 2. The van der Waals surface area contributed by atoms with Crippen LogP contribution in [-0.2, 0) is 6.54 Å². The lowest BCUT2D eigenvalue weighted by Gasteiger charge is -2.05. The van der Waals surface area contributed by atoms with E-state index >= 15 is 0 Å². The number of carbonyl (C=O) groups is 1. The van der Waals surface area contributed by atoms with Gasteiger partial charge in [0.15, 0.2) is 5.13 Å². The van der Waals surface area contributed by atoms with Crippen LogP contribution in [0.25, 0.3) is 0 Å².